The molecule has 12 saturated carbocycles. The van der Waals surface area contributed by atoms with Gasteiger partial charge in [-0.3, -0.25) is 14.4 Å². The summed E-state index contributed by atoms with van der Waals surface area (Å²) in [6.07, 6.45) is 37.2. The van der Waals surface area contributed by atoms with E-state index < -0.39 is 16.8 Å². The van der Waals surface area contributed by atoms with E-state index >= 15 is 0 Å². The molecule has 3 heterocycles. The third kappa shape index (κ3) is 12.6. The maximum absolute atomic E-state index is 13.3. The second kappa shape index (κ2) is 25.3. The largest absolute Gasteiger partial charge is 0.390 e. The van der Waals surface area contributed by atoms with Gasteiger partial charge in [-0.15, -0.1) is 10.2 Å². The molecule has 0 unspecified atom stereocenters. The van der Waals surface area contributed by atoms with Gasteiger partial charge in [0.15, 0.2) is 11.6 Å². The standard InChI is InChI=1S/2C24H37N3O2.C21H33BrO2.C3H5N3/c1-15-13-27(26-25-15)14-22(28)21-7-6-20-19-5-4-16-12-23(2,29)10-8-17(16)18(19)9-11-24(20,21)3;1-15-13-25-26-27(15)14-22(28)21-7-6-20-19-5-4-16-12-23(2,29)10-8-17(16)18(19)9-11-24(20,21)3;1-20(24)9-7-14-13(11-20)3-4-16-15(14)8-10-21(2)17(16)5-6-18(21)19(23)12-22;1-3-2-4-6-5-3/h2*13,16-21,29H,4-12,14H2,1-3H3;13-18,24H,3-12H2,1-2H3;2H,1H3,(H,4,5,6)/t2*16-,17+,18-,19-,20+,21-,23-,24+;13-,14+,15-,16-,17+,18-,20-,21+;/m111./s1. The maximum Gasteiger partial charge on any atom is 0.157 e. The number of ketones is 3. The van der Waals surface area contributed by atoms with E-state index in [0.717, 1.165) is 152 Å². The fourth-order valence-electron chi connectivity index (χ4n) is 24.6. The van der Waals surface area contributed by atoms with Crippen LogP contribution in [-0.4, -0.2) is 100 Å². The molecule has 0 aliphatic heterocycles. The number of aromatic nitrogens is 9. The second-order valence-electron chi connectivity index (χ2n) is 33.8. The molecule has 88 heavy (non-hydrogen) atoms. The Bertz CT molecular complexity index is 2920. The molecule has 15 rings (SSSR count). The molecule has 4 N–H and O–H groups in total. The Morgan fingerprint density at radius 3 is 1.24 bits per heavy atom. The fraction of sp³-hybridized carbons (Fsp3) is 0.875. The molecule has 0 radical (unpaired) electrons. The Morgan fingerprint density at radius 1 is 0.489 bits per heavy atom. The highest BCUT2D eigenvalue weighted by Crippen LogP contribution is 2.68. The minimum atomic E-state index is -0.443. The Labute approximate surface area is 534 Å². The molecule has 0 spiro atoms. The van der Waals surface area contributed by atoms with Gasteiger partial charge in [-0.25, -0.2) is 9.36 Å². The van der Waals surface area contributed by atoms with Gasteiger partial charge >= 0.3 is 0 Å². The van der Waals surface area contributed by atoms with Gasteiger partial charge in [0.25, 0.3) is 0 Å². The quantitative estimate of drug-likeness (QED) is 0.155. The zero-order valence-corrected chi connectivity index (χ0v) is 56.9. The summed E-state index contributed by atoms with van der Waals surface area (Å²) < 4.78 is 3.49. The Hall–Kier alpha value is -3.21. The number of carbonyl (C=O) groups is 3. The highest BCUT2D eigenvalue weighted by Gasteiger charge is 2.62. The first-order valence-electron chi connectivity index (χ1n) is 35.7. The average molecular weight is 1280 g/mol. The summed E-state index contributed by atoms with van der Waals surface area (Å²) in [5, 5.41) is 58.0. The molecule has 0 aromatic carbocycles. The number of aliphatic hydroxyl groups is 3. The van der Waals surface area contributed by atoms with Crippen molar-refractivity contribution in [1.82, 2.24) is 45.4 Å². The molecule has 3 aromatic heterocycles. The highest BCUT2D eigenvalue weighted by molar-refractivity contribution is 9.09. The topological polar surface area (TPSA) is 215 Å². The minimum absolute atomic E-state index is 0.166. The van der Waals surface area contributed by atoms with Crippen molar-refractivity contribution in [2.75, 3.05) is 5.33 Å². The smallest absolute Gasteiger partial charge is 0.157 e. The van der Waals surface area contributed by atoms with E-state index in [9.17, 15) is 29.7 Å². The van der Waals surface area contributed by atoms with Crippen molar-refractivity contribution in [3.63, 3.8) is 0 Å². The number of hydrogen-bond donors (Lipinski definition) is 4. The molecule has 12 fully saturated rings. The van der Waals surface area contributed by atoms with Crippen LogP contribution in [0.2, 0.25) is 0 Å². The van der Waals surface area contributed by atoms with Crippen LogP contribution in [0.25, 0.3) is 0 Å². The van der Waals surface area contributed by atoms with Crippen molar-refractivity contribution in [2.45, 2.75) is 266 Å². The van der Waals surface area contributed by atoms with Crippen LogP contribution in [0, 0.1) is 144 Å². The molecule has 0 bridgehead atoms. The predicted octanol–water partition coefficient (Wildman–Crippen LogP) is 13.4. The zero-order valence-electron chi connectivity index (χ0n) is 55.4. The first-order chi connectivity index (χ1) is 41.8. The van der Waals surface area contributed by atoms with Crippen molar-refractivity contribution < 1.29 is 29.7 Å². The number of carbonyl (C=O) groups excluding carboxylic acids is 3. The van der Waals surface area contributed by atoms with Crippen molar-refractivity contribution in [2.24, 2.45) is 123 Å². The monoisotopic (exact) mass is 1280 g/mol. The molecule has 16 heteroatoms. The van der Waals surface area contributed by atoms with Gasteiger partial charge < -0.3 is 15.3 Å². The van der Waals surface area contributed by atoms with Crippen molar-refractivity contribution in [3.05, 3.63) is 35.7 Å². The van der Waals surface area contributed by atoms with E-state index in [1.165, 1.54) is 116 Å². The molecule has 0 saturated heterocycles. The summed E-state index contributed by atoms with van der Waals surface area (Å²) in [6.45, 7) is 19.9. The molecule has 15 nitrogen and oxygen atoms in total. The SMILES string of the molecule is C[C@@]1(O)CC[C@H]2[C@H](CC[C@@H]3[C@@H]2CC[C@]2(C)[C@@H](C(=O)CBr)CC[C@@H]32)C1.Cc1cn(CC(=O)[C@H]2CC[C@H]3[C@@H]4CC[C@@H]5C[C@](C)(O)CC[C@@H]5[C@H]4CC[C@]23C)nn1.Cc1cn[nH]n1.Cc1cnnn1CC(=O)[C@H]1CC[C@H]2[C@@H]3CC[C@@H]4C[C@](C)(O)CC[C@@H]4[C@H]3CC[C@]12C. The van der Waals surface area contributed by atoms with Gasteiger partial charge in [-0.2, -0.15) is 15.4 Å². The molecule has 0 amide bonds. The number of fused-ring (bicyclic) bond motifs is 15. The number of alkyl halides is 1. The van der Waals surface area contributed by atoms with Gasteiger partial charge in [0.1, 0.15) is 18.9 Å². The summed E-state index contributed by atoms with van der Waals surface area (Å²) in [7, 11) is 0. The number of nitrogens with zero attached hydrogens (tertiary/aromatic N) is 8. The molecular formula is C72H112BrN9O6. The number of nitrogens with one attached hydrogen (secondary N) is 1. The Balaban J connectivity index is 0.000000123. The van der Waals surface area contributed by atoms with Crippen molar-refractivity contribution in [1.29, 1.82) is 0 Å². The summed E-state index contributed by atoms with van der Waals surface area (Å²) in [5.74, 6) is 13.6. The summed E-state index contributed by atoms with van der Waals surface area (Å²) >= 11 is 3.42. The maximum atomic E-state index is 13.3. The van der Waals surface area contributed by atoms with Crippen LogP contribution in [-0.2, 0) is 27.5 Å². The lowest BCUT2D eigenvalue weighted by Crippen LogP contribution is -2.51. The first kappa shape index (κ1) is 64.9. The van der Waals surface area contributed by atoms with Crippen LogP contribution in [0.5, 0.6) is 0 Å². The second-order valence-corrected chi connectivity index (χ2v) is 34.3. The molecular weight excluding hydrogens is 1170 g/mol. The van der Waals surface area contributed by atoms with Gasteiger partial charge in [-0.1, -0.05) is 47.1 Å². The lowest BCUT2D eigenvalue weighted by molar-refractivity contribution is -0.133. The van der Waals surface area contributed by atoms with E-state index in [1.54, 1.807) is 21.8 Å². The normalized spacial score (nSPS) is 46.0. The summed E-state index contributed by atoms with van der Waals surface area (Å²) in [4.78, 5) is 39.0. The number of rotatable bonds is 8. The van der Waals surface area contributed by atoms with Crippen LogP contribution in [0.15, 0.2) is 18.6 Å². The van der Waals surface area contributed by atoms with Gasteiger partial charge in [-0.05, 0) is 320 Å². The van der Waals surface area contributed by atoms with Crippen molar-refractivity contribution in [3.8, 4) is 0 Å². The van der Waals surface area contributed by atoms with Crippen LogP contribution in [0.1, 0.15) is 232 Å². The zero-order chi connectivity index (χ0) is 62.3. The molecule has 12 aliphatic carbocycles. The average Bonchev–Trinajstić information content (AvgIpc) is 1.50. The number of aromatic amines is 1. The Kier molecular flexibility index (Phi) is 18.6. The van der Waals surface area contributed by atoms with Crippen molar-refractivity contribution >= 4 is 33.3 Å². The first-order valence-corrected chi connectivity index (χ1v) is 36.8. The predicted molar refractivity (Wildman–Crippen MR) is 343 cm³/mol. The summed E-state index contributed by atoms with van der Waals surface area (Å²) in [5.41, 5.74) is 2.06. The lowest BCUT2D eigenvalue weighted by Gasteiger charge is -2.56. The van der Waals surface area contributed by atoms with Crippen LogP contribution in [0.4, 0.5) is 0 Å². The number of H-pyrrole nitrogens is 1. The molecule has 24 atom stereocenters. The minimum Gasteiger partial charge on any atom is -0.390 e. The fourth-order valence-corrected chi connectivity index (χ4v) is 25.0. The molecule has 488 valence electrons. The van der Waals surface area contributed by atoms with Gasteiger partial charge in [0, 0.05) is 24.0 Å². The molecule has 3 aromatic rings. The van der Waals surface area contributed by atoms with Crippen LogP contribution in [0.3, 0.4) is 0 Å². The van der Waals surface area contributed by atoms with Gasteiger partial charge in [0.2, 0.25) is 0 Å². The Morgan fingerprint density at radius 2 is 0.898 bits per heavy atom. The highest BCUT2D eigenvalue weighted by atomic mass is 79.9. The molecule has 12 aliphatic rings. The van der Waals surface area contributed by atoms with E-state index in [0.29, 0.717) is 53.5 Å². The third-order valence-electron chi connectivity index (χ3n) is 28.6. The van der Waals surface area contributed by atoms with Crippen LogP contribution < -0.4 is 0 Å². The number of hydrogen-bond acceptors (Lipinski definition) is 12. The lowest BCUT2D eigenvalue weighted by atomic mass is 9.49. The summed E-state index contributed by atoms with van der Waals surface area (Å²) in [6, 6.07) is 0. The van der Waals surface area contributed by atoms with E-state index in [2.05, 4.69) is 72.7 Å². The van der Waals surface area contributed by atoms with E-state index in [1.807, 2.05) is 47.7 Å². The van der Waals surface area contributed by atoms with Crippen LogP contribution >= 0.6 is 15.9 Å². The van der Waals surface area contributed by atoms with E-state index in [4.69, 9.17) is 0 Å². The number of Topliss-reactive ketones (excluding diaryl/α,β-unsaturated/α-hetero) is 3. The number of aryl methyl sites for hydroxylation is 3. The third-order valence-corrected chi connectivity index (χ3v) is 29.2. The van der Waals surface area contributed by atoms with Gasteiger partial charge in [0.05, 0.1) is 51.6 Å². The number of halogens is 1. The van der Waals surface area contributed by atoms with E-state index in [-0.39, 0.29) is 28.1 Å².